The Morgan fingerprint density at radius 1 is 0.388 bits per heavy atom. The summed E-state index contributed by atoms with van der Waals surface area (Å²) < 4.78 is 6.87. The molecule has 0 atom stereocenters. The van der Waals surface area contributed by atoms with Crippen molar-refractivity contribution < 1.29 is 0 Å². The van der Waals surface area contributed by atoms with Crippen molar-refractivity contribution >= 4 is 44.6 Å². The smallest absolute Gasteiger partial charge is 0.164 e. The minimum Gasteiger partial charge on any atom is -0.310 e. The van der Waals surface area contributed by atoms with Gasteiger partial charge in [-0.3, -0.25) is 9.13 Å². The molecule has 0 amide bonds. The number of imidazole rings is 2. The number of benzene rings is 7. The number of allylic oxidation sites excluding steroid dienone is 5. The second-order valence-electron chi connectivity index (χ2n) is 17.2. The van der Waals surface area contributed by atoms with Gasteiger partial charge in [0.25, 0.3) is 0 Å². The topological polar surface area (TPSA) is 79.2 Å². The van der Waals surface area contributed by atoms with Crippen LogP contribution in [0.4, 0.5) is 0 Å². The lowest BCUT2D eigenvalue weighted by Crippen LogP contribution is -2.03. The minimum atomic E-state index is 0.599. The van der Waals surface area contributed by atoms with Gasteiger partial charge in [0, 0.05) is 50.4 Å². The average Bonchev–Trinajstić information content (AvgIpc) is 4.10. The number of fused-ring (bicyclic) bond motifs is 5. The van der Waals surface area contributed by atoms with Gasteiger partial charge < -0.3 is 4.57 Å². The van der Waals surface area contributed by atoms with Crippen LogP contribution >= 0.6 is 0 Å². The summed E-state index contributed by atoms with van der Waals surface area (Å²) in [4.78, 5) is 26.0. The number of aromatic nitrogens is 8. The van der Waals surface area contributed by atoms with Crippen molar-refractivity contribution in [2.45, 2.75) is 25.7 Å². The zero-order valence-electron chi connectivity index (χ0n) is 36.5. The van der Waals surface area contributed by atoms with Crippen LogP contribution < -0.4 is 0 Å². The third-order valence-electron chi connectivity index (χ3n) is 13.1. The molecule has 4 heterocycles. The third-order valence-corrected chi connectivity index (χ3v) is 13.1. The Balaban J connectivity index is 0.949. The lowest BCUT2D eigenvalue weighted by molar-refractivity contribution is 0.967. The van der Waals surface area contributed by atoms with E-state index in [0.717, 1.165) is 98.7 Å². The predicted molar refractivity (Wildman–Crippen MR) is 271 cm³/mol. The fourth-order valence-corrected chi connectivity index (χ4v) is 9.87. The molecule has 2 aliphatic rings. The number of hydrogen-bond acceptors (Lipinski definition) is 5. The number of rotatable bonds is 8. The Hall–Kier alpha value is -8.75. The van der Waals surface area contributed by atoms with Gasteiger partial charge in [-0.2, -0.15) is 0 Å². The van der Waals surface area contributed by atoms with Crippen LogP contribution in [0.2, 0.25) is 0 Å². The minimum absolute atomic E-state index is 0.599. The molecule has 0 saturated heterocycles. The first-order valence-electron chi connectivity index (χ1n) is 23.0. The molecule has 0 saturated carbocycles. The number of aryl methyl sites for hydroxylation is 1. The van der Waals surface area contributed by atoms with E-state index in [9.17, 15) is 0 Å². The summed E-state index contributed by atoms with van der Waals surface area (Å²) in [5, 5.41) is 1.21. The van der Waals surface area contributed by atoms with E-state index in [-0.39, 0.29) is 0 Å². The van der Waals surface area contributed by atoms with Gasteiger partial charge in [0.05, 0.1) is 27.6 Å². The highest BCUT2D eigenvalue weighted by Crippen LogP contribution is 2.38. The van der Waals surface area contributed by atoms with Gasteiger partial charge in [-0.25, -0.2) is 24.9 Å². The van der Waals surface area contributed by atoms with Crippen LogP contribution in [0.5, 0.6) is 0 Å². The van der Waals surface area contributed by atoms with Crippen molar-refractivity contribution in [2.24, 2.45) is 0 Å². The summed E-state index contributed by atoms with van der Waals surface area (Å²) in [5.74, 6) is 3.68. The normalized spacial score (nSPS) is 13.4. The molecule has 0 radical (unpaired) electrons. The van der Waals surface area contributed by atoms with Gasteiger partial charge in [-0.1, -0.05) is 97.1 Å². The molecular formula is C59H42N8. The third kappa shape index (κ3) is 6.72. The van der Waals surface area contributed by atoms with Crippen LogP contribution in [-0.2, 0) is 6.42 Å². The molecule has 0 aliphatic heterocycles. The number of para-hydroxylation sites is 5. The molecule has 0 N–H and O–H groups in total. The van der Waals surface area contributed by atoms with E-state index >= 15 is 0 Å². The van der Waals surface area contributed by atoms with E-state index in [0.29, 0.717) is 17.5 Å². The maximum absolute atomic E-state index is 5.26. The van der Waals surface area contributed by atoms with Gasteiger partial charge in [0.15, 0.2) is 17.5 Å². The average molecular weight is 863 g/mol. The van der Waals surface area contributed by atoms with Crippen molar-refractivity contribution in [1.82, 2.24) is 38.6 Å². The molecule has 2 aliphatic carbocycles. The predicted octanol–water partition coefficient (Wildman–Crippen LogP) is 13.9. The SMILES string of the molecule is C1=CCCC(c2nc3ccccc3n2-c2ccc(-c3nc(-c4ccc(-n5c(-c6ccccc6)nc6ccccc65)cc4)nc(-c4ccc5c(c4)c4c(n5-c5ccccc5)C=CCC4)n3)cc2)=C1. The molecule has 8 heteroatoms. The highest BCUT2D eigenvalue weighted by atomic mass is 15.1. The maximum Gasteiger partial charge on any atom is 0.164 e. The van der Waals surface area contributed by atoms with Crippen LogP contribution in [0.25, 0.3) is 107 Å². The largest absolute Gasteiger partial charge is 0.310 e. The Kier molecular flexibility index (Phi) is 9.26. The first kappa shape index (κ1) is 38.7. The van der Waals surface area contributed by atoms with E-state index in [2.05, 4.69) is 208 Å². The van der Waals surface area contributed by atoms with E-state index in [1.807, 2.05) is 12.1 Å². The summed E-state index contributed by atoms with van der Waals surface area (Å²) in [6.07, 6.45) is 15.0. The monoisotopic (exact) mass is 862 g/mol. The van der Waals surface area contributed by atoms with E-state index in [1.54, 1.807) is 0 Å². The Labute approximate surface area is 387 Å². The van der Waals surface area contributed by atoms with Crippen LogP contribution in [0.1, 0.15) is 36.3 Å². The fourth-order valence-electron chi connectivity index (χ4n) is 9.87. The molecule has 13 rings (SSSR count). The molecule has 4 aromatic heterocycles. The summed E-state index contributed by atoms with van der Waals surface area (Å²) >= 11 is 0. The van der Waals surface area contributed by atoms with Crippen molar-refractivity contribution in [3.63, 3.8) is 0 Å². The Morgan fingerprint density at radius 2 is 0.925 bits per heavy atom. The quantitative estimate of drug-likeness (QED) is 0.152. The zero-order valence-corrected chi connectivity index (χ0v) is 36.5. The van der Waals surface area contributed by atoms with Crippen molar-refractivity contribution in [3.05, 3.63) is 217 Å². The van der Waals surface area contributed by atoms with E-state index < -0.39 is 0 Å². The molecular weight excluding hydrogens is 821 g/mol. The zero-order chi connectivity index (χ0) is 44.3. The molecule has 0 bridgehead atoms. The van der Waals surface area contributed by atoms with Gasteiger partial charge >= 0.3 is 0 Å². The van der Waals surface area contributed by atoms with E-state index in [1.165, 1.54) is 27.7 Å². The molecule has 0 spiro atoms. The van der Waals surface area contributed by atoms with Crippen LogP contribution in [0, 0.1) is 0 Å². The summed E-state index contributed by atoms with van der Waals surface area (Å²) in [6.45, 7) is 0. The molecule has 318 valence electrons. The molecule has 11 aromatic rings. The highest BCUT2D eigenvalue weighted by Gasteiger charge is 2.22. The van der Waals surface area contributed by atoms with Crippen molar-refractivity contribution in [2.75, 3.05) is 0 Å². The highest BCUT2D eigenvalue weighted by molar-refractivity contribution is 5.94. The number of hydrogen-bond donors (Lipinski definition) is 0. The lowest BCUT2D eigenvalue weighted by Gasteiger charge is -2.14. The van der Waals surface area contributed by atoms with Gasteiger partial charge in [-0.05, 0) is 146 Å². The lowest BCUT2D eigenvalue weighted by atomic mass is 9.99. The van der Waals surface area contributed by atoms with Crippen molar-refractivity contribution in [3.8, 4) is 62.6 Å². The molecule has 0 unspecified atom stereocenters. The van der Waals surface area contributed by atoms with Gasteiger partial charge in [0.1, 0.15) is 11.6 Å². The molecule has 0 fully saturated rings. The molecule has 8 nitrogen and oxygen atoms in total. The van der Waals surface area contributed by atoms with Gasteiger partial charge in [-0.15, -0.1) is 0 Å². The second-order valence-corrected chi connectivity index (χ2v) is 17.2. The van der Waals surface area contributed by atoms with E-state index in [4.69, 9.17) is 24.9 Å². The van der Waals surface area contributed by atoms with Crippen LogP contribution in [0.15, 0.2) is 200 Å². The summed E-state index contributed by atoms with van der Waals surface area (Å²) in [6, 6.07) is 61.3. The summed E-state index contributed by atoms with van der Waals surface area (Å²) in [7, 11) is 0. The second kappa shape index (κ2) is 16.0. The molecule has 67 heavy (non-hydrogen) atoms. The van der Waals surface area contributed by atoms with Crippen molar-refractivity contribution in [1.29, 1.82) is 0 Å². The Morgan fingerprint density at radius 3 is 1.57 bits per heavy atom. The van der Waals surface area contributed by atoms with Crippen LogP contribution in [-0.4, -0.2) is 38.6 Å². The first-order valence-corrected chi connectivity index (χ1v) is 23.0. The first-order chi connectivity index (χ1) is 33.2. The fraction of sp³-hybridized carbons (Fsp3) is 0.0678. The van der Waals surface area contributed by atoms with Crippen LogP contribution in [0.3, 0.4) is 0 Å². The number of nitrogens with zero attached hydrogens (tertiary/aromatic N) is 8. The standard InChI is InChI=1S/C59H42N8/c1-4-16-41(17-5-1)58-60-49-23-11-14-26-53(49)66(58)45-33-28-39(29-34-45)55-62-56(40-30-35-46(36-31-40)67-54-27-15-12-24-50(54)61-59(67)42-18-6-2-7-19-42)64-57(63-55)43-32-37-52-48(38-43)47-22-10-13-25-51(47)65(52)44-20-8-3-9-21-44/h1-6,8-9,11-18,20-21,23-38H,7,10,19,22H2. The Bertz CT molecular complexity index is 3780. The maximum atomic E-state index is 5.26. The molecule has 7 aromatic carbocycles. The van der Waals surface area contributed by atoms with Gasteiger partial charge in [0.2, 0.25) is 0 Å². The summed E-state index contributed by atoms with van der Waals surface area (Å²) in [5.41, 5.74) is 15.9.